The Morgan fingerprint density at radius 2 is 2.25 bits per heavy atom. The summed E-state index contributed by atoms with van der Waals surface area (Å²) in [4.78, 5) is 14.2. The summed E-state index contributed by atoms with van der Waals surface area (Å²) >= 11 is 0. The van der Waals surface area contributed by atoms with Crippen molar-refractivity contribution in [1.29, 1.82) is 0 Å². The van der Waals surface area contributed by atoms with Crippen LogP contribution in [-0.2, 0) is 16.1 Å². The van der Waals surface area contributed by atoms with Crippen molar-refractivity contribution >= 4 is 5.91 Å². The fourth-order valence-corrected chi connectivity index (χ4v) is 2.90. The molecular weight excluding hydrogens is 259 g/mol. The number of aryl methyl sites for hydroxylation is 1. The Morgan fingerprint density at radius 1 is 1.40 bits per heavy atom. The number of benzene rings is 1. The molecule has 2 fully saturated rings. The van der Waals surface area contributed by atoms with E-state index in [2.05, 4.69) is 10.2 Å². The molecule has 2 aliphatic rings. The first-order valence-electron chi connectivity index (χ1n) is 6.97. The van der Waals surface area contributed by atoms with E-state index in [4.69, 9.17) is 4.74 Å². The first kappa shape index (κ1) is 13.5. The van der Waals surface area contributed by atoms with Crippen molar-refractivity contribution < 1.29 is 13.9 Å². The Labute approximate surface area is 117 Å². The Kier molecular flexibility index (Phi) is 3.72. The number of hydrogen-bond donors (Lipinski definition) is 1. The van der Waals surface area contributed by atoms with Crippen molar-refractivity contribution in [2.24, 2.45) is 5.92 Å². The number of nitrogens with zero attached hydrogens (tertiary/aromatic N) is 1. The maximum absolute atomic E-state index is 13.4. The average molecular weight is 278 g/mol. The molecule has 3 rings (SSSR count). The topological polar surface area (TPSA) is 41.6 Å². The van der Waals surface area contributed by atoms with Crippen LogP contribution in [0.5, 0.6) is 0 Å². The molecule has 2 heterocycles. The van der Waals surface area contributed by atoms with Crippen LogP contribution < -0.4 is 5.32 Å². The molecular formula is C15H19FN2O2. The lowest BCUT2D eigenvalue weighted by molar-refractivity contribution is -0.125. The summed E-state index contributed by atoms with van der Waals surface area (Å²) in [6.45, 7) is 5.10. The molecule has 4 nitrogen and oxygen atoms in total. The van der Waals surface area contributed by atoms with Gasteiger partial charge in [0, 0.05) is 19.6 Å². The van der Waals surface area contributed by atoms with Gasteiger partial charge in [0.1, 0.15) is 5.82 Å². The Bertz CT molecular complexity index is 521. The molecule has 2 aliphatic heterocycles. The second kappa shape index (κ2) is 5.50. The van der Waals surface area contributed by atoms with Crippen LogP contribution in [-0.4, -0.2) is 43.2 Å². The quantitative estimate of drug-likeness (QED) is 0.880. The van der Waals surface area contributed by atoms with E-state index in [1.54, 1.807) is 12.1 Å². The van der Waals surface area contributed by atoms with Crippen LogP contribution in [0.25, 0.3) is 0 Å². The molecule has 0 spiro atoms. The van der Waals surface area contributed by atoms with Crippen LogP contribution in [0, 0.1) is 18.7 Å². The van der Waals surface area contributed by atoms with Crippen molar-refractivity contribution in [3.05, 3.63) is 35.1 Å². The van der Waals surface area contributed by atoms with E-state index < -0.39 is 0 Å². The normalized spacial score (nSPS) is 27.0. The third-order valence-electron chi connectivity index (χ3n) is 4.02. The van der Waals surface area contributed by atoms with Crippen molar-refractivity contribution in [2.45, 2.75) is 19.5 Å². The fraction of sp³-hybridized carbons (Fsp3) is 0.533. The second-order valence-electron chi connectivity index (χ2n) is 5.70. The van der Waals surface area contributed by atoms with Crippen molar-refractivity contribution in [3.63, 3.8) is 0 Å². The average Bonchev–Trinajstić information content (AvgIpc) is 2.63. The number of fused-ring (bicyclic) bond motifs is 3. The predicted octanol–water partition coefficient (Wildman–Crippen LogP) is 1.08. The Balaban J connectivity index is 1.77. The van der Waals surface area contributed by atoms with Crippen LogP contribution in [0.3, 0.4) is 0 Å². The number of rotatable bonds is 2. The van der Waals surface area contributed by atoms with E-state index in [-0.39, 0.29) is 23.7 Å². The van der Waals surface area contributed by atoms with Crippen molar-refractivity contribution in [2.75, 3.05) is 26.3 Å². The van der Waals surface area contributed by atoms with Gasteiger partial charge in [-0.05, 0) is 30.2 Å². The number of ether oxygens (including phenoxy) is 1. The summed E-state index contributed by atoms with van der Waals surface area (Å²) < 4.78 is 18.9. The first-order chi connectivity index (χ1) is 9.61. The summed E-state index contributed by atoms with van der Waals surface area (Å²) in [6, 6.07) is 4.90. The van der Waals surface area contributed by atoms with Gasteiger partial charge in [-0.1, -0.05) is 6.07 Å². The van der Waals surface area contributed by atoms with Gasteiger partial charge in [-0.2, -0.15) is 0 Å². The van der Waals surface area contributed by atoms with Gasteiger partial charge < -0.3 is 10.1 Å². The van der Waals surface area contributed by atoms with Crippen LogP contribution in [0.2, 0.25) is 0 Å². The highest BCUT2D eigenvalue weighted by Crippen LogP contribution is 2.18. The number of halogens is 1. The zero-order valence-corrected chi connectivity index (χ0v) is 11.6. The van der Waals surface area contributed by atoms with Crippen molar-refractivity contribution in [3.8, 4) is 0 Å². The molecule has 0 aromatic heterocycles. The SMILES string of the molecule is Cc1ccc(F)cc1CN1C[C@H]2COC[C@@H](C1)C(=O)N2. The van der Waals surface area contributed by atoms with Gasteiger partial charge in [-0.3, -0.25) is 9.69 Å². The molecule has 2 atom stereocenters. The molecule has 1 aromatic carbocycles. The number of carbonyl (C=O) groups excluding carboxylic acids is 1. The first-order valence-corrected chi connectivity index (χ1v) is 6.97. The Hall–Kier alpha value is -1.46. The molecule has 1 amide bonds. The molecule has 5 heteroatoms. The van der Waals surface area contributed by atoms with Crippen LogP contribution in [0.4, 0.5) is 4.39 Å². The van der Waals surface area contributed by atoms with E-state index >= 15 is 0 Å². The number of nitrogens with one attached hydrogen (secondary N) is 1. The van der Waals surface area contributed by atoms with Gasteiger partial charge in [0.05, 0.1) is 25.2 Å². The lowest BCUT2D eigenvalue weighted by atomic mass is 10.1. The van der Waals surface area contributed by atoms with Gasteiger partial charge in [0.15, 0.2) is 0 Å². The van der Waals surface area contributed by atoms with E-state index in [1.807, 2.05) is 6.92 Å². The second-order valence-corrected chi connectivity index (χ2v) is 5.70. The predicted molar refractivity (Wildman–Crippen MR) is 72.7 cm³/mol. The summed E-state index contributed by atoms with van der Waals surface area (Å²) in [5.41, 5.74) is 2.06. The highest BCUT2D eigenvalue weighted by atomic mass is 19.1. The molecule has 20 heavy (non-hydrogen) atoms. The Morgan fingerprint density at radius 3 is 3.10 bits per heavy atom. The third-order valence-corrected chi connectivity index (χ3v) is 4.02. The van der Waals surface area contributed by atoms with Gasteiger partial charge in [0.25, 0.3) is 0 Å². The summed E-state index contributed by atoms with van der Waals surface area (Å²) in [7, 11) is 0. The molecule has 0 radical (unpaired) electrons. The third kappa shape index (κ3) is 2.83. The monoisotopic (exact) mass is 278 g/mol. The lowest BCUT2D eigenvalue weighted by Crippen LogP contribution is -2.41. The van der Waals surface area contributed by atoms with E-state index in [0.29, 0.717) is 26.3 Å². The summed E-state index contributed by atoms with van der Waals surface area (Å²) in [5, 5.41) is 3.00. The lowest BCUT2D eigenvalue weighted by Gasteiger charge is -2.28. The molecule has 0 saturated carbocycles. The maximum atomic E-state index is 13.4. The van der Waals surface area contributed by atoms with E-state index in [0.717, 1.165) is 17.7 Å². The molecule has 0 aliphatic carbocycles. The zero-order valence-electron chi connectivity index (χ0n) is 11.6. The number of hydrogen-bond acceptors (Lipinski definition) is 3. The molecule has 1 aromatic rings. The van der Waals surface area contributed by atoms with Gasteiger partial charge in [-0.25, -0.2) is 4.39 Å². The van der Waals surface area contributed by atoms with Gasteiger partial charge in [0.2, 0.25) is 5.91 Å². The minimum absolute atomic E-state index is 0.0314. The maximum Gasteiger partial charge on any atom is 0.227 e. The summed E-state index contributed by atoms with van der Waals surface area (Å²) in [6.07, 6.45) is 0. The standard InChI is InChI=1S/C15H19FN2O2/c1-10-2-3-13(16)4-11(10)5-18-6-12-8-20-9-14(7-18)17-15(12)19/h2-4,12,14H,5-9H2,1H3,(H,17,19)/t12-,14+/m1/s1. The minimum Gasteiger partial charge on any atom is -0.378 e. The molecule has 1 N–H and O–H groups in total. The molecule has 2 bridgehead atoms. The van der Waals surface area contributed by atoms with Crippen molar-refractivity contribution in [1.82, 2.24) is 10.2 Å². The van der Waals surface area contributed by atoms with Gasteiger partial charge in [-0.15, -0.1) is 0 Å². The summed E-state index contributed by atoms with van der Waals surface area (Å²) in [5.74, 6) is -0.263. The molecule has 0 unspecified atom stereocenters. The fourth-order valence-electron chi connectivity index (χ4n) is 2.90. The van der Waals surface area contributed by atoms with E-state index in [1.165, 1.54) is 6.07 Å². The van der Waals surface area contributed by atoms with Crippen LogP contribution >= 0.6 is 0 Å². The number of carbonyl (C=O) groups is 1. The highest BCUT2D eigenvalue weighted by molar-refractivity contribution is 5.79. The zero-order chi connectivity index (χ0) is 14.1. The largest absolute Gasteiger partial charge is 0.378 e. The minimum atomic E-state index is -0.210. The number of amides is 1. The van der Waals surface area contributed by atoms with Gasteiger partial charge >= 0.3 is 0 Å². The van der Waals surface area contributed by atoms with E-state index in [9.17, 15) is 9.18 Å². The highest BCUT2D eigenvalue weighted by Gasteiger charge is 2.33. The van der Waals surface area contributed by atoms with Crippen LogP contribution in [0.1, 0.15) is 11.1 Å². The van der Waals surface area contributed by atoms with Crippen LogP contribution in [0.15, 0.2) is 18.2 Å². The smallest absolute Gasteiger partial charge is 0.227 e. The molecule has 108 valence electrons. The molecule has 2 saturated heterocycles.